The summed E-state index contributed by atoms with van der Waals surface area (Å²) in [6, 6.07) is 10.9. The Labute approximate surface area is 146 Å². The molecule has 2 N–H and O–H groups in total. The minimum atomic E-state index is -0.316. The van der Waals surface area contributed by atoms with Crippen LogP contribution >= 0.6 is 11.6 Å². The van der Waals surface area contributed by atoms with Gasteiger partial charge >= 0.3 is 0 Å². The molecule has 6 heteroatoms. The van der Waals surface area contributed by atoms with Crippen LogP contribution in [-0.4, -0.2) is 23.3 Å². The summed E-state index contributed by atoms with van der Waals surface area (Å²) in [6.07, 6.45) is 3.59. The molecule has 0 radical (unpaired) electrons. The molecule has 5 nitrogen and oxygen atoms in total. The average Bonchev–Trinajstić information content (AvgIpc) is 2.60. The van der Waals surface area contributed by atoms with Crippen molar-refractivity contribution in [3.63, 3.8) is 0 Å². The van der Waals surface area contributed by atoms with Crippen molar-refractivity contribution >= 4 is 23.4 Å². The number of rotatable bonds is 7. The lowest BCUT2D eigenvalue weighted by atomic mass is 10.0. The van der Waals surface area contributed by atoms with Gasteiger partial charge in [0.15, 0.2) is 0 Å². The minimum Gasteiger partial charge on any atom is -0.355 e. The van der Waals surface area contributed by atoms with Gasteiger partial charge in [0, 0.05) is 36.9 Å². The highest BCUT2D eigenvalue weighted by Gasteiger charge is 2.15. The van der Waals surface area contributed by atoms with Gasteiger partial charge in [-0.25, -0.2) is 0 Å². The van der Waals surface area contributed by atoms with Crippen molar-refractivity contribution in [2.24, 2.45) is 0 Å². The molecule has 0 bridgehead atoms. The van der Waals surface area contributed by atoms with Gasteiger partial charge in [-0.3, -0.25) is 14.6 Å². The van der Waals surface area contributed by atoms with Crippen LogP contribution in [0.1, 0.15) is 30.4 Å². The Morgan fingerprint density at radius 1 is 1.17 bits per heavy atom. The molecule has 2 amide bonds. The van der Waals surface area contributed by atoms with Gasteiger partial charge in [0.2, 0.25) is 11.8 Å². The predicted octanol–water partition coefficient (Wildman–Crippen LogP) is 2.66. The van der Waals surface area contributed by atoms with Gasteiger partial charge in [-0.2, -0.15) is 0 Å². The van der Waals surface area contributed by atoms with Crippen molar-refractivity contribution in [3.8, 4) is 0 Å². The number of carbonyl (C=O) groups excluding carboxylic acids is 2. The number of benzene rings is 1. The van der Waals surface area contributed by atoms with Crippen LogP contribution in [0.4, 0.5) is 0 Å². The maximum Gasteiger partial charge on any atom is 0.227 e. The van der Waals surface area contributed by atoms with Crippen LogP contribution in [0.25, 0.3) is 0 Å². The number of amides is 2. The lowest BCUT2D eigenvalue weighted by molar-refractivity contribution is -0.123. The summed E-state index contributed by atoms with van der Waals surface area (Å²) in [5.74, 6) is -0.551. The number of hydrogen-bond donors (Lipinski definition) is 2. The normalized spacial score (nSPS) is 11.6. The van der Waals surface area contributed by atoms with Gasteiger partial charge in [-0.1, -0.05) is 23.7 Å². The molecule has 126 valence electrons. The first kappa shape index (κ1) is 17.9. The summed E-state index contributed by atoms with van der Waals surface area (Å²) in [6.45, 7) is 2.56. The molecule has 1 atom stereocenters. The Morgan fingerprint density at radius 2 is 1.92 bits per heavy atom. The standard InChI is InChI=1S/C18H20ClN3O2/c1-13(15-3-2-4-16(19)11-15)18(24)21-10-7-17(23)22-12-14-5-8-20-9-6-14/h2-6,8-9,11,13H,7,10,12H2,1H3,(H,21,24)(H,22,23). The van der Waals surface area contributed by atoms with Crippen LogP contribution in [0, 0.1) is 0 Å². The highest BCUT2D eigenvalue weighted by molar-refractivity contribution is 6.30. The molecule has 1 aromatic carbocycles. The Morgan fingerprint density at radius 3 is 2.62 bits per heavy atom. The van der Waals surface area contributed by atoms with Crippen molar-refractivity contribution in [2.75, 3.05) is 6.54 Å². The van der Waals surface area contributed by atoms with Crippen molar-refractivity contribution in [1.82, 2.24) is 15.6 Å². The van der Waals surface area contributed by atoms with E-state index in [4.69, 9.17) is 11.6 Å². The number of pyridine rings is 1. The highest BCUT2D eigenvalue weighted by atomic mass is 35.5. The first-order chi connectivity index (χ1) is 11.6. The van der Waals surface area contributed by atoms with Crippen molar-refractivity contribution in [3.05, 3.63) is 64.9 Å². The van der Waals surface area contributed by atoms with Crippen LogP contribution in [-0.2, 0) is 16.1 Å². The number of aromatic nitrogens is 1. The number of nitrogens with one attached hydrogen (secondary N) is 2. The molecule has 0 saturated heterocycles. The molecule has 2 aromatic rings. The van der Waals surface area contributed by atoms with E-state index in [2.05, 4.69) is 15.6 Å². The fourth-order valence-electron chi connectivity index (χ4n) is 2.17. The fraction of sp³-hybridized carbons (Fsp3) is 0.278. The zero-order valence-corrected chi connectivity index (χ0v) is 14.2. The van der Waals surface area contributed by atoms with Gasteiger partial charge in [0.05, 0.1) is 5.92 Å². The number of carbonyl (C=O) groups is 2. The molecule has 1 heterocycles. The zero-order valence-electron chi connectivity index (χ0n) is 13.5. The van der Waals surface area contributed by atoms with Crippen LogP contribution in [0.2, 0.25) is 5.02 Å². The lowest BCUT2D eigenvalue weighted by Gasteiger charge is -2.13. The summed E-state index contributed by atoms with van der Waals surface area (Å²) >= 11 is 5.94. The summed E-state index contributed by atoms with van der Waals surface area (Å²) in [5.41, 5.74) is 1.83. The topological polar surface area (TPSA) is 71.1 Å². The molecule has 0 aliphatic carbocycles. The van der Waals surface area contributed by atoms with Crippen LogP contribution < -0.4 is 10.6 Å². The Balaban J connectivity index is 1.71. The molecule has 24 heavy (non-hydrogen) atoms. The van der Waals surface area contributed by atoms with Gasteiger partial charge in [-0.05, 0) is 42.3 Å². The van der Waals surface area contributed by atoms with Gasteiger partial charge in [-0.15, -0.1) is 0 Å². The van der Waals surface area contributed by atoms with Crippen LogP contribution in [0.15, 0.2) is 48.8 Å². The Bertz CT molecular complexity index is 692. The van der Waals surface area contributed by atoms with Crippen LogP contribution in [0.5, 0.6) is 0 Å². The number of nitrogens with zero attached hydrogens (tertiary/aromatic N) is 1. The third kappa shape index (κ3) is 5.66. The molecular formula is C18H20ClN3O2. The second kappa shape index (κ2) is 9.03. The molecule has 1 unspecified atom stereocenters. The predicted molar refractivity (Wildman–Crippen MR) is 93.6 cm³/mol. The molecule has 2 rings (SSSR count). The summed E-state index contributed by atoms with van der Waals surface area (Å²) in [7, 11) is 0. The van der Waals surface area contributed by atoms with Crippen molar-refractivity contribution in [1.29, 1.82) is 0 Å². The first-order valence-electron chi connectivity index (χ1n) is 7.75. The molecule has 0 aliphatic heterocycles. The fourth-order valence-corrected chi connectivity index (χ4v) is 2.37. The first-order valence-corrected chi connectivity index (χ1v) is 8.13. The second-order valence-electron chi connectivity index (χ2n) is 5.45. The van der Waals surface area contributed by atoms with Crippen molar-refractivity contribution < 1.29 is 9.59 Å². The van der Waals surface area contributed by atoms with E-state index in [0.29, 0.717) is 18.1 Å². The minimum absolute atomic E-state index is 0.109. The van der Waals surface area contributed by atoms with E-state index >= 15 is 0 Å². The van der Waals surface area contributed by atoms with E-state index in [0.717, 1.165) is 11.1 Å². The van der Waals surface area contributed by atoms with Crippen molar-refractivity contribution in [2.45, 2.75) is 25.8 Å². The van der Waals surface area contributed by atoms with Gasteiger partial charge < -0.3 is 10.6 Å². The smallest absolute Gasteiger partial charge is 0.227 e. The Hall–Kier alpha value is -2.40. The molecule has 0 fully saturated rings. The molecular weight excluding hydrogens is 326 g/mol. The average molecular weight is 346 g/mol. The van der Waals surface area contributed by atoms with Crippen LogP contribution in [0.3, 0.4) is 0 Å². The largest absolute Gasteiger partial charge is 0.355 e. The molecule has 0 spiro atoms. The Kier molecular flexibility index (Phi) is 6.75. The number of hydrogen-bond acceptors (Lipinski definition) is 3. The third-order valence-electron chi connectivity index (χ3n) is 3.63. The lowest BCUT2D eigenvalue weighted by Crippen LogP contribution is -2.32. The van der Waals surface area contributed by atoms with E-state index in [1.807, 2.05) is 31.2 Å². The van der Waals surface area contributed by atoms with E-state index in [9.17, 15) is 9.59 Å². The quantitative estimate of drug-likeness (QED) is 0.810. The SMILES string of the molecule is CC(C(=O)NCCC(=O)NCc1ccncc1)c1cccc(Cl)c1. The number of halogens is 1. The summed E-state index contributed by atoms with van der Waals surface area (Å²) in [4.78, 5) is 27.8. The maximum absolute atomic E-state index is 12.1. The molecule has 0 aliphatic rings. The molecule has 1 aromatic heterocycles. The monoisotopic (exact) mass is 345 g/mol. The van der Waals surface area contributed by atoms with E-state index in [-0.39, 0.29) is 24.2 Å². The van der Waals surface area contributed by atoms with Gasteiger partial charge in [0.1, 0.15) is 0 Å². The summed E-state index contributed by atoms with van der Waals surface area (Å²) < 4.78 is 0. The highest BCUT2D eigenvalue weighted by Crippen LogP contribution is 2.19. The maximum atomic E-state index is 12.1. The van der Waals surface area contributed by atoms with E-state index in [1.54, 1.807) is 24.5 Å². The second-order valence-corrected chi connectivity index (χ2v) is 5.89. The van der Waals surface area contributed by atoms with E-state index < -0.39 is 0 Å². The summed E-state index contributed by atoms with van der Waals surface area (Å²) in [5, 5.41) is 6.18. The third-order valence-corrected chi connectivity index (χ3v) is 3.87. The molecule has 0 saturated carbocycles. The van der Waals surface area contributed by atoms with E-state index in [1.165, 1.54) is 0 Å². The zero-order chi connectivity index (χ0) is 17.4. The van der Waals surface area contributed by atoms with Gasteiger partial charge in [0.25, 0.3) is 0 Å².